The summed E-state index contributed by atoms with van der Waals surface area (Å²) >= 11 is 3.51. The molecule has 3 nitrogen and oxygen atoms in total. The van der Waals surface area contributed by atoms with Crippen molar-refractivity contribution in [3.8, 4) is 0 Å². The van der Waals surface area contributed by atoms with E-state index in [1.54, 1.807) is 0 Å². The molecule has 1 aliphatic rings. The van der Waals surface area contributed by atoms with Crippen LogP contribution in [0.3, 0.4) is 0 Å². The molecule has 1 aromatic carbocycles. The Morgan fingerprint density at radius 2 is 2.16 bits per heavy atom. The van der Waals surface area contributed by atoms with Gasteiger partial charge < -0.3 is 5.32 Å². The molecule has 0 aliphatic heterocycles. The zero-order valence-electron chi connectivity index (χ0n) is 10.9. The van der Waals surface area contributed by atoms with Crippen LogP contribution in [0.25, 0.3) is 0 Å². The van der Waals surface area contributed by atoms with Gasteiger partial charge in [0.15, 0.2) is 0 Å². The molecule has 3 rings (SSSR count). The molecule has 0 amide bonds. The number of halogens is 1. The lowest BCUT2D eigenvalue weighted by Gasteiger charge is -2.09. The van der Waals surface area contributed by atoms with Crippen molar-refractivity contribution in [2.24, 2.45) is 0 Å². The summed E-state index contributed by atoms with van der Waals surface area (Å²) in [6.45, 7) is 2.91. The van der Waals surface area contributed by atoms with E-state index >= 15 is 0 Å². The Morgan fingerprint density at radius 3 is 2.95 bits per heavy atom. The van der Waals surface area contributed by atoms with Crippen molar-refractivity contribution in [2.45, 2.75) is 32.2 Å². The van der Waals surface area contributed by atoms with Gasteiger partial charge in [-0.1, -0.05) is 22.0 Å². The van der Waals surface area contributed by atoms with Gasteiger partial charge in [0.2, 0.25) is 0 Å². The highest BCUT2D eigenvalue weighted by Gasteiger charge is 2.26. The van der Waals surface area contributed by atoms with Crippen molar-refractivity contribution in [3.63, 3.8) is 0 Å². The third-order valence-electron chi connectivity index (χ3n) is 3.39. The van der Waals surface area contributed by atoms with Crippen molar-refractivity contribution < 1.29 is 0 Å². The fraction of sp³-hybridized carbons (Fsp3) is 0.333. The van der Waals surface area contributed by atoms with Crippen LogP contribution in [0.4, 0.5) is 5.82 Å². The zero-order valence-corrected chi connectivity index (χ0v) is 12.4. The number of hydrogen-bond donors (Lipinski definition) is 1. The lowest BCUT2D eigenvalue weighted by molar-refractivity contribution is 0.920. The third-order valence-corrected chi connectivity index (χ3v) is 3.88. The third kappa shape index (κ3) is 3.13. The van der Waals surface area contributed by atoms with Crippen LogP contribution in [-0.4, -0.2) is 9.97 Å². The molecule has 1 saturated carbocycles. The topological polar surface area (TPSA) is 37.8 Å². The van der Waals surface area contributed by atoms with Gasteiger partial charge in [0.05, 0.1) is 0 Å². The summed E-state index contributed by atoms with van der Waals surface area (Å²) in [6, 6.07) is 8.26. The molecule has 0 unspecified atom stereocenters. The van der Waals surface area contributed by atoms with Crippen LogP contribution in [0, 0.1) is 6.92 Å². The van der Waals surface area contributed by atoms with Crippen LogP contribution < -0.4 is 5.32 Å². The molecule has 1 N–H and O–H groups in total. The number of nitrogens with one attached hydrogen (secondary N) is 1. The number of aryl methyl sites for hydroxylation is 1. The van der Waals surface area contributed by atoms with Gasteiger partial charge in [0, 0.05) is 23.1 Å². The maximum atomic E-state index is 4.57. The van der Waals surface area contributed by atoms with E-state index in [4.69, 9.17) is 0 Å². The molecule has 0 radical (unpaired) electrons. The van der Waals surface area contributed by atoms with Crippen molar-refractivity contribution >= 4 is 21.7 Å². The van der Waals surface area contributed by atoms with Crippen LogP contribution in [0.5, 0.6) is 0 Å². The van der Waals surface area contributed by atoms with Gasteiger partial charge in [-0.2, -0.15) is 0 Å². The summed E-state index contributed by atoms with van der Waals surface area (Å²) in [6.07, 6.45) is 4.30. The minimum atomic E-state index is 0.592. The minimum absolute atomic E-state index is 0.592. The molecule has 1 aromatic heterocycles. The van der Waals surface area contributed by atoms with E-state index < -0.39 is 0 Å². The quantitative estimate of drug-likeness (QED) is 0.924. The average Bonchev–Trinajstić information content (AvgIpc) is 3.25. The lowest BCUT2D eigenvalue weighted by Crippen LogP contribution is -2.04. The Labute approximate surface area is 121 Å². The molecule has 4 heteroatoms. The SMILES string of the molecule is Cc1ccc(Br)cc1CNc1ccnc(C2CC2)n1. The zero-order chi connectivity index (χ0) is 13.2. The second-order valence-electron chi connectivity index (χ2n) is 5.00. The molecule has 1 fully saturated rings. The predicted molar refractivity (Wildman–Crippen MR) is 80.2 cm³/mol. The molecule has 0 saturated heterocycles. The Balaban J connectivity index is 1.71. The van der Waals surface area contributed by atoms with E-state index in [9.17, 15) is 0 Å². The van der Waals surface area contributed by atoms with Gasteiger partial charge in [-0.3, -0.25) is 0 Å². The molecule has 2 aromatic rings. The first-order chi connectivity index (χ1) is 9.22. The number of hydrogen-bond acceptors (Lipinski definition) is 3. The van der Waals surface area contributed by atoms with Gasteiger partial charge in [0.1, 0.15) is 11.6 Å². The number of aromatic nitrogens is 2. The Morgan fingerprint density at radius 1 is 1.32 bits per heavy atom. The summed E-state index contributed by atoms with van der Waals surface area (Å²) < 4.78 is 1.11. The Hall–Kier alpha value is -1.42. The molecule has 19 heavy (non-hydrogen) atoms. The van der Waals surface area contributed by atoms with E-state index in [0.29, 0.717) is 5.92 Å². The number of rotatable bonds is 4. The van der Waals surface area contributed by atoms with Gasteiger partial charge in [0.25, 0.3) is 0 Å². The molecule has 98 valence electrons. The van der Waals surface area contributed by atoms with Crippen molar-refractivity contribution in [1.29, 1.82) is 0 Å². The molecular weight excluding hydrogens is 302 g/mol. The van der Waals surface area contributed by atoms with E-state index in [2.05, 4.69) is 56.3 Å². The fourth-order valence-corrected chi connectivity index (χ4v) is 2.44. The Bertz CT molecular complexity index is 594. The van der Waals surface area contributed by atoms with E-state index in [1.165, 1.54) is 24.0 Å². The molecule has 0 spiro atoms. The van der Waals surface area contributed by atoms with Gasteiger partial charge in [-0.25, -0.2) is 9.97 Å². The number of benzene rings is 1. The second-order valence-corrected chi connectivity index (χ2v) is 5.91. The van der Waals surface area contributed by atoms with E-state index in [1.807, 2.05) is 12.3 Å². The fourth-order valence-electron chi connectivity index (χ4n) is 2.03. The highest BCUT2D eigenvalue weighted by atomic mass is 79.9. The monoisotopic (exact) mass is 317 g/mol. The minimum Gasteiger partial charge on any atom is -0.366 e. The summed E-state index contributed by atoms with van der Waals surface area (Å²) in [5.41, 5.74) is 2.56. The highest BCUT2D eigenvalue weighted by molar-refractivity contribution is 9.10. The van der Waals surface area contributed by atoms with Crippen LogP contribution in [0.2, 0.25) is 0 Å². The maximum absolute atomic E-state index is 4.57. The van der Waals surface area contributed by atoms with Gasteiger partial charge in [-0.05, 0) is 49.1 Å². The van der Waals surface area contributed by atoms with E-state index in [0.717, 1.165) is 22.7 Å². The molecule has 0 bridgehead atoms. The van der Waals surface area contributed by atoms with Crippen molar-refractivity contribution in [1.82, 2.24) is 9.97 Å². The second kappa shape index (κ2) is 5.29. The first-order valence-corrected chi connectivity index (χ1v) is 7.33. The smallest absolute Gasteiger partial charge is 0.133 e. The highest BCUT2D eigenvalue weighted by Crippen LogP contribution is 2.38. The van der Waals surface area contributed by atoms with Crippen LogP contribution in [-0.2, 0) is 6.54 Å². The lowest BCUT2D eigenvalue weighted by atomic mass is 10.1. The molecule has 1 heterocycles. The van der Waals surface area contributed by atoms with Crippen molar-refractivity contribution in [2.75, 3.05) is 5.32 Å². The van der Waals surface area contributed by atoms with Gasteiger partial charge in [-0.15, -0.1) is 0 Å². The molecule has 0 atom stereocenters. The molecular formula is C15H16BrN3. The normalized spacial score (nSPS) is 14.4. The average molecular weight is 318 g/mol. The largest absolute Gasteiger partial charge is 0.366 e. The maximum Gasteiger partial charge on any atom is 0.133 e. The van der Waals surface area contributed by atoms with E-state index in [-0.39, 0.29) is 0 Å². The summed E-state index contributed by atoms with van der Waals surface area (Å²) in [5, 5.41) is 3.38. The summed E-state index contributed by atoms with van der Waals surface area (Å²) in [7, 11) is 0. The van der Waals surface area contributed by atoms with Crippen LogP contribution in [0.1, 0.15) is 35.7 Å². The van der Waals surface area contributed by atoms with Gasteiger partial charge >= 0.3 is 0 Å². The summed E-state index contributed by atoms with van der Waals surface area (Å²) in [4.78, 5) is 8.90. The molecule has 1 aliphatic carbocycles. The Kier molecular flexibility index (Phi) is 3.51. The van der Waals surface area contributed by atoms with Crippen LogP contribution >= 0.6 is 15.9 Å². The first-order valence-electron chi connectivity index (χ1n) is 6.54. The first kappa shape index (κ1) is 12.6. The predicted octanol–water partition coefficient (Wildman–Crippen LogP) is 4.04. The van der Waals surface area contributed by atoms with Crippen molar-refractivity contribution in [3.05, 3.63) is 51.9 Å². The summed E-state index contributed by atoms with van der Waals surface area (Å²) in [5.74, 6) is 2.49. The van der Waals surface area contributed by atoms with Crippen LogP contribution in [0.15, 0.2) is 34.9 Å². The number of anilines is 1. The standard InChI is InChI=1S/C15H16BrN3/c1-10-2-5-13(16)8-12(10)9-18-14-6-7-17-15(19-14)11-3-4-11/h2,5-8,11H,3-4,9H2,1H3,(H,17,18,19). The number of nitrogens with zero attached hydrogens (tertiary/aromatic N) is 2.